The van der Waals surface area contributed by atoms with E-state index in [1.165, 1.54) is 23.5 Å². The van der Waals surface area contributed by atoms with Gasteiger partial charge >= 0.3 is 0 Å². The van der Waals surface area contributed by atoms with Gasteiger partial charge in [0.25, 0.3) is 0 Å². The monoisotopic (exact) mass is 294 g/mol. The zero-order valence-corrected chi connectivity index (χ0v) is 11.0. The minimum atomic E-state index is -0.491. The molecule has 0 saturated heterocycles. The molecule has 0 saturated carbocycles. The molecule has 1 heterocycles. The Hall–Kier alpha value is -2.08. The van der Waals surface area contributed by atoms with Gasteiger partial charge in [-0.3, -0.25) is 0 Å². The summed E-state index contributed by atoms with van der Waals surface area (Å²) in [6.07, 6.45) is 0. The SMILES string of the molecule is Fc1ccc(F)c(CNc2nc3cc(F)ccc3s2)c1. The smallest absolute Gasteiger partial charge is 0.184 e. The Bertz CT molecular complexity index is 770. The first-order valence-electron chi connectivity index (χ1n) is 5.86. The maximum absolute atomic E-state index is 13.5. The molecular weight excluding hydrogens is 285 g/mol. The van der Waals surface area contributed by atoms with Gasteiger partial charge in [-0.05, 0) is 30.3 Å². The molecule has 6 heteroatoms. The number of anilines is 1. The fourth-order valence-corrected chi connectivity index (χ4v) is 2.67. The van der Waals surface area contributed by atoms with Crippen LogP contribution in [0, 0.1) is 17.5 Å². The van der Waals surface area contributed by atoms with Gasteiger partial charge in [-0.1, -0.05) is 11.3 Å². The van der Waals surface area contributed by atoms with Crippen LogP contribution < -0.4 is 5.32 Å². The molecular formula is C14H9F3N2S. The van der Waals surface area contributed by atoms with Gasteiger partial charge in [0.1, 0.15) is 17.5 Å². The lowest BCUT2D eigenvalue weighted by atomic mass is 10.2. The highest BCUT2D eigenvalue weighted by molar-refractivity contribution is 7.22. The van der Waals surface area contributed by atoms with Gasteiger partial charge in [0, 0.05) is 18.2 Å². The van der Waals surface area contributed by atoms with Crippen molar-refractivity contribution >= 4 is 26.7 Å². The zero-order chi connectivity index (χ0) is 14.1. The molecule has 1 N–H and O–H groups in total. The Morgan fingerprint density at radius 3 is 2.60 bits per heavy atom. The summed E-state index contributed by atoms with van der Waals surface area (Å²) in [5.41, 5.74) is 0.757. The summed E-state index contributed by atoms with van der Waals surface area (Å²) < 4.78 is 40.4. The first kappa shape index (κ1) is 12.9. The third kappa shape index (κ3) is 2.60. The van der Waals surface area contributed by atoms with Crippen LogP contribution in [-0.2, 0) is 6.54 Å². The molecule has 0 aliphatic carbocycles. The molecule has 3 aromatic rings. The number of fused-ring (bicyclic) bond motifs is 1. The van der Waals surface area contributed by atoms with Gasteiger partial charge in [0.05, 0.1) is 10.2 Å². The Morgan fingerprint density at radius 2 is 1.75 bits per heavy atom. The number of halogens is 3. The summed E-state index contributed by atoms with van der Waals surface area (Å²) in [5.74, 6) is -1.33. The van der Waals surface area contributed by atoms with Crippen LogP contribution in [0.1, 0.15) is 5.56 Å². The number of hydrogen-bond acceptors (Lipinski definition) is 3. The highest BCUT2D eigenvalue weighted by atomic mass is 32.1. The highest BCUT2D eigenvalue weighted by Gasteiger charge is 2.07. The third-order valence-electron chi connectivity index (χ3n) is 2.79. The molecule has 0 fully saturated rings. The quantitative estimate of drug-likeness (QED) is 0.778. The Labute approximate surface area is 116 Å². The first-order valence-corrected chi connectivity index (χ1v) is 6.67. The zero-order valence-electron chi connectivity index (χ0n) is 10.2. The normalized spacial score (nSPS) is 10.9. The lowest BCUT2D eigenvalue weighted by Gasteiger charge is -2.04. The van der Waals surface area contributed by atoms with Crippen LogP contribution in [0.5, 0.6) is 0 Å². The van der Waals surface area contributed by atoms with Gasteiger partial charge in [0.15, 0.2) is 5.13 Å². The minimum Gasteiger partial charge on any atom is -0.357 e. The van der Waals surface area contributed by atoms with Gasteiger partial charge in [-0.25, -0.2) is 18.2 Å². The van der Waals surface area contributed by atoms with Gasteiger partial charge < -0.3 is 5.32 Å². The second-order valence-electron chi connectivity index (χ2n) is 4.22. The largest absolute Gasteiger partial charge is 0.357 e. The maximum atomic E-state index is 13.5. The Balaban J connectivity index is 1.81. The molecule has 0 bridgehead atoms. The fraction of sp³-hybridized carbons (Fsp3) is 0.0714. The fourth-order valence-electron chi connectivity index (χ4n) is 1.83. The molecule has 1 aromatic heterocycles. The number of rotatable bonds is 3. The average molecular weight is 294 g/mol. The first-order chi connectivity index (χ1) is 9.61. The lowest BCUT2D eigenvalue weighted by Crippen LogP contribution is -2.01. The standard InChI is InChI=1S/C14H9F3N2S/c15-9-1-3-11(17)8(5-9)7-18-14-19-12-6-10(16)2-4-13(12)20-14/h1-6H,7H2,(H,18,19). The summed E-state index contributed by atoms with van der Waals surface area (Å²) in [6, 6.07) is 7.61. The van der Waals surface area contributed by atoms with E-state index >= 15 is 0 Å². The van der Waals surface area contributed by atoms with Crippen molar-refractivity contribution in [2.75, 3.05) is 5.32 Å². The summed E-state index contributed by atoms with van der Waals surface area (Å²) in [4.78, 5) is 4.19. The van der Waals surface area contributed by atoms with E-state index in [1.807, 2.05) is 0 Å². The van der Waals surface area contributed by atoms with E-state index in [-0.39, 0.29) is 17.9 Å². The molecule has 3 rings (SSSR count). The molecule has 0 atom stereocenters. The van der Waals surface area contributed by atoms with Crippen molar-refractivity contribution in [3.8, 4) is 0 Å². The van der Waals surface area contributed by atoms with E-state index in [4.69, 9.17) is 0 Å². The van der Waals surface area contributed by atoms with Gasteiger partial charge in [0.2, 0.25) is 0 Å². The summed E-state index contributed by atoms with van der Waals surface area (Å²) in [5, 5.41) is 3.45. The van der Waals surface area contributed by atoms with E-state index in [0.717, 1.165) is 22.9 Å². The molecule has 0 spiro atoms. The number of aromatic nitrogens is 1. The van der Waals surface area contributed by atoms with Gasteiger partial charge in [-0.2, -0.15) is 0 Å². The second-order valence-corrected chi connectivity index (χ2v) is 5.25. The van der Waals surface area contributed by atoms with E-state index in [0.29, 0.717) is 10.6 Å². The Kier molecular flexibility index (Phi) is 3.31. The van der Waals surface area contributed by atoms with E-state index < -0.39 is 11.6 Å². The van der Waals surface area contributed by atoms with Crippen molar-refractivity contribution in [3.63, 3.8) is 0 Å². The van der Waals surface area contributed by atoms with Crippen LogP contribution in [0.3, 0.4) is 0 Å². The van der Waals surface area contributed by atoms with Gasteiger partial charge in [-0.15, -0.1) is 0 Å². The Morgan fingerprint density at radius 1 is 1.00 bits per heavy atom. The number of thiazole rings is 1. The maximum Gasteiger partial charge on any atom is 0.184 e. The number of hydrogen-bond donors (Lipinski definition) is 1. The third-order valence-corrected chi connectivity index (χ3v) is 3.78. The molecule has 0 amide bonds. The topological polar surface area (TPSA) is 24.9 Å². The molecule has 0 unspecified atom stereocenters. The summed E-state index contributed by atoms with van der Waals surface area (Å²) in [6.45, 7) is 0.117. The minimum absolute atomic E-state index is 0.117. The highest BCUT2D eigenvalue weighted by Crippen LogP contribution is 2.26. The van der Waals surface area contributed by atoms with Crippen LogP contribution in [0.2, 0.25) is 0 Å². The predicted molar refractivity (Wildman–Crippen MR) is 73.3 cm³/mol. The number of nitrogens with zero attached hydrogens (tertiary/aromatic N) is 1. The predicted octanol–water partition coefficient (Wildman–Crippen LogP) is 4.33. The van der Waals surface area contributed by atoms with Crippen LogP contribution in [0.4, 0.5) is 18.3 Å². The molecule has 20 heavy (non-hydrogen) atoms. The summed E-state index contributed by atoms with van der Waals surface area (Å²) >= 11 is 1.33. The van der Waals surface area contributed by atoms with Crippen LogP contribution in [0.25, 0.3) is 10.2 Å². The van der Waals surface area contributed by atoms with Crippen LogP contribution >= 0.6 is 11.3 Å². The van der Waals surface area contributed by atoms with E-state index in [9.17, 15) is 13.2 Å². The van der Waals surface area contributed by atoms with Crippen molar-refractivity contribution in [1.29, 1.82) is 0 Å². The average Bonchev–Trinajstić information content (AvgIpc) is 2.81. The molecule has 0 radical (unpaired) electrons. The number of nitrogens with one attached hydrogen (secondary N) is 1. The molecule has 2 aromatic carbocycles. The summed E-state index contributed by atoms with van der Waals surface area (Å²) in [7, 11) is 0. The van der Waals surface area contributed by atoms with E-state index in [2.05, 4.69) is 10.3 Å². The molecule has 2 nitrogen and oxygen atoms in total. The lowest BCUT2D eigenvalue weighted by molar-refractivity contribution is 0.587. The van der Waals surface area contributed by atoms with Crippen LogP contribution in [0.15, 0.2) is 36.4 Å². The van der Waals surface area contributed by atoms with Crippen molar-refractivity contribution in [2.24, 2.45) is 0 Å². The molecule has 0 aliphatic rings. The number of benzene rings is 2. The van der Waals surface area contributed by atoms with Crippen molar-refractivity contribution < 1.29 is 13.2 Å². The van der Waals surface area contributed by atoms with Crippen molar-refractivity contribution in [2.45, 2.75) is 6.54 Å². The van der Waals surface area contributed by atoms with Crippen molar-refractivity contribution in [3.05, 3.63) is 59.4 Å². The molecule has 102 valence electrons. The second kappa shape index (κ2) is 5.13. The van der Waals surface area contributed by atoms with Crippen molar-refractivity contribution in [1.82, 2.24) is 4.98 Å². The van der Waals surface area contributed by atoms with Crippen LogP contribution in [-0.4, -0.2) is 4.98 Å². The molecule has 0 aliphatic heterocycles. The van der Waals surface area contributed by atoms with E-state index in [1.54, 1.807) is 6.07 Å².